The van der Waals surface area contributed by atoms with Crippen LogP contribution in [0.1, 0.15) is 11.1 Å². The van der Waals surface area contributed by atoms with E-state index in [1.165, 1.54) is 7.11 Å². The van der Waals surface area contributed by atoms with Crippen molar-refractivity contribution in [1.82, 2.24) is 4.90 Å². The van der Waals surface area contributed by atoms with Gasteiger partial charge in [-0.3, -0.25) is 9.69 Å². The molecule has 1 fully saturated rings. The molecule has 0 bridgehead atoms. The molecule has 1 aliphatic rings. The van der Waals surface area contributed by atoms with Crippen LogP contribution in [0.15, 0.2) is 18.2 Å². The highest BCUT2D eigenvalue weighted by molar-refractivity contribution is 6.31. The molecule has 0 aliphatic carbocycles. The highest BCUT2D eigenvalue weighted by atomic mass is 35.5. The van der Waals surface area contributed by atoms with Crippen LogP contribution in [-0.2, 0) is 27.4 Å². The molecule has 0 saturated carbocycles. The lowest BCUT2D eigenvalue weighted by molar-refractivity contribution is -0.153. The summed E-state index contributed by atoms with van der Waals surface area (Å²) in [6.45, 7) is 2.68. The molecule has 1 unspecified atom stereocenters. The molecule has 1 aliphatic heterocycles. The number of ether oxygens (including phenoxy) is 2. The third-order valence-electron chi connectivity index (χ3n) is 3.44. The number of benzene rings is 1. The Kier molecular flexibility index (Phi) is 5.37. The number of carbonyl (C=O) groups is 1. The predicted octanol–water partition coefficient (Wildman–Crippen LogP) is 1.17. The van der Waals surface area contributed by atoms with Gasteiger partial charge in [0, 0.05) is 24.7 Å². The normalized spacial score (nSPS) is 19.9. The first-order valence-corrected chi connectivity index (χ1v) is 6.90. The van der Waals surface area contributed by atoms with Crippen molar-refractivity contribution < 1.29 is 14.3 Å². The average Bonchev–Trinajstić information content (AvgIpc) is 2.49. The van der Waals surface area contributed by atoms with Crippen LogP contribution in [0.25, 0.3) is 0 Å². The number of carbonyl (C=O) groups excluding carboxylic acids is 1. The Bertz CT molecular complexity index is 481. The zero-order chi connectivity index (χ0) is 14.5. The summed E-state index contributed by atoms with van der Waals surface area (Å²) in [5.41, 5.74) is 7.55. The molecule has 1 saturated heterocycles. The molecule has 2 N–H and O–H groups in total. The summed E-state index contributed by atoms with van der Waals surface area (Å²) in [7, 11) is 1.39. The number of hydrogen-bond donors (Lipinski definition) is 1. The van der Waals surface area contributed by atoms with E-state index < -0.39 is 0 Å². The van der Waals surface area contributed by atoms with Crippen LogP contribution in [0.3, 0.4) is 0 Å². The lowest BCUT2D eigenvalue weighted by Gasteiger charge is -2.33. The molecule has 0 spiro atoms. The smallest absolute Gasteiger partial charge is 0.325 e. The molecule has 20 heavy (non-hydrogen) atoms. The number of halogens is 1. The van der Waals surface area contributed by atoms with Crippen LogP contribution >= 0.6 is 11.6 Å². The van der Waals surface area contributed by atoms with Crippen molar-refractivity contribution >= 4 is 17.6 Å². The number of hydrogen-bond acceptors (Lipinski definition) is 5. The molecule has 6 heteroatoms. The first-order valence-electron chi connectivity index (χ1n) is 6.52. The number of methoxy groups -OCH3 is 1. The minimum Gasteiger partial charge on any atom is -0.468 e. The van der Waals surface area contributed by atoms with Crippen LogP contribution in [0, 0.1) is 0 Å². The molecular formula is C14H19ClN2O3. The van der Waals surface area contributed by atoms with Gasteiger partial charge in [-0.1, -0.05) is 23.7 Å². The second-order valence-corrected chi connectivity index (χ2v) is 5.12. The van der Waals surface area contributed by atoms with Gasteiger partial charge in [-0.05, 0) is 17.2 Å². The van der Waals surface area contributed by atoms with Gasteiger partial charge in [0.25, 0.3) is 0 Å². The summed E-state index contributed by atoms with van der Waals surface area (Å²) in [5, 5.41) is 0.669. The van der Waals surface area contributed by atoms with Crippen molar-refractivity contribution in [3.63, 3.8) is 0 Å². The average molecular weight is 299 g/mol. The molecule has 1 atom stereocenters. The van der Waals surface area contributed by atoms with Crippen molar-refractivity contribution in [2.75, 3.05) is 26.9 Å². The molecule has 0 amide bonds. The van der Waals surface area contributed by atoms with Gasteiger partial charge in [-0.15, -0.1) is 0 Å². The van der Waals surface area contributed by atoms with E-state index in [9.17, 15) is 4.79 Å². The molecule has 2 rings (SSSR count). The Labute approximate surface area is 123 Å². The van der Waals surface area contributed by atoms with E-state index in [1.807, 2.05) is 23.1 Å². The van der Waals surface area contributed by atoms with Crippen LogP contribution in [0.2, 0.25) is 5.02 Å². The zero-order valence-corrected chi connectivity index (χ0v) is 12.2. The van der Waals surface area contributed by atoms with Gasteiger partial charge in [0.1, 0.15) is 6.04 Å². The second kappa shape index (κ2) is 7.04. The highest BCUT2D eigenvalue weighted by Crippen LogP contribution is 2.21. The minimum atomic E-state index is -0.376. The Hall–Kier alpha value is -1.14. The van der Waals surface area contributed by atoms with Gasteiger partial charge in [-0.2, -0.15) is 0 Å². The van der Waals surface area contributed by atoms with Crippen molar-refractivity contribution in [2.45, 2.75) is 19.1 Å². The maximum absolute atomic E-state index is 11.8. The zero-order valence-electron chi connectivity index (χ0n) is 11.5. The van der Waals surface area contributed by atoms with E-state index >= 15 is 0 Å². The standard InChI is InChI=1S/C14H19ClN2O3/c1-19-14(18)13-9-20-5-4-17(13)8-11-3-2-10(7-16)6-12(11)15/h2-3,6,13H,4-5,7-9,16H2,1H3. The third-order valence-corrected chi connectivity index (χ3v) is 3.79. The van der Waals surface area contributed by atoms with Gasteiger partial charge in [0.2, 0.25) is 0 Å². The molecule has 1 heterocycles. The highest BCUT2D eigenvalue weighted by Gasteiger charge is 2.30. The maximum atomic E-state index is 11.8. The van der Waals surface area contributed by atoms with Crippen LogP contribution in [0.5, 0.6) is 0 Å². The Balaban J connectivity index is 2.12. The quantitative estimate of drug-likeness (QED) is 0.846. The molecule has 1 aromatic rings. The summed E-state index contributed by atoms with van der Waals surface area (Å²) < 4.78 is 10.2. The molecule has 0 aromatic heterocycles. The van der Waals surface area contributed by atoms with Crippen molar-refractivity contribution in [3.8, 4) is 0 Å². The SMILES string of the molecule is COC(=O)C1COCCN1Cc1ccc(CN)cc1Cl. The lowest BCUT2D eigenvalue weighted by Crippen LogP contribution is -2.49. The second-order valence-electron chi connectivity index (χ2n) is 4.71. The van der Waals surface area contributed by atoms with Crippen molar-refractivity contribution in [2.24, 2.45) is 5.73 Å². The fourth-order valence-corrected chi connectivity index (χ4v) is 2.51. The first kappa shape index (κ1) is 15.3. The van der Waals surface area contributed by atoms with E-state index in [0.29, 0.717) is 37.9 Å². The van der Waals surface area contributed by atoms with E-state index in [1.54, 1.807) is 0 Å². The largest absolute Gasteiger partial charge is 0.468 e. The van der Waals surface area contributed by atoms with E-state index in [2.05, 4.69) is 0 Å². The fourth-order valence-electron chi connectivity index (χ4n) is 2.25. The Morgan fingerprint density at radius 2 is 2.40 bits per heavy atom. The molecular weight excluding hydrogens is 280 g/mol. The summed E-state index contributed by atoms with van der Waals surface area (Å²) >= 11 is 6.26. The van der Waals surface area contributed by atoms with Gasteiger partial charge in [-0.25, -0.2) is 0 Å². The molecule has 5 nitrogen and oxygen atoms in total. The molecule has 1 aromatic carbocycles. The molecule has 110 valence electrons. The number of esters is 1. The third kappa shape index (κ3) is 3.49. The summed E-state index contributed by atoms with van der Waals surface area (Å²) in [4.78, 5) is 13.8. The van der Waals surface area contributed by atoms with Gasteiger partial charge in [0.05, 0.1) is 20.3 Å². The number of morpholine rings is 1. The molecule has 0 radical (unpaired) electrons. The number of nitrogens with two attached hydrogens (primary N) is 1. The summed E-state index contributed by atoms with van der Waals surface area (Å²) in [5.74, 6) is -0.278. The topological polar surface area (TPSA) is 64.8 Å². The van der Waals surface area contributed by atoms with Gasteiger partial charge in [0.15, 0.2) is 0 Å². The van der Waals surface area contributed by atoms with Gasteiger partial charge >= 0.3 is 5.97 Å². The van der Waals surface area contributed by atoms with Crippen LogP contribution < -0.4 is 5.73 Å². The number of rotatable bonds is 4. The maximum Gasteiger partial charge on any atom is 0.325 e. The lowest BCUT2D eigenvalue weighted by atomic mass is 10.1. The van der Waals surface area contributed by atoms with E-state index in [4.69, 9.17) is 26.8 Å². The predicted molar refractivity (Wildman–Crippen MR) is 76.4 cm³/mol. The minimum absolute atomic E-state index is 0.278. The fraction of sp³-hybridized carbons (Fsp3) is 0.500. The van der Waals surface area contributed by atoms with Gasteiger partial charge < -0.3 is 15.2 Å². The first-order chi connectivity index (χ1) is 9.65. The van der Waals surface area contributed by atoms with Crippen molar-refractivity contribution in [1.29, 1.82) is 0 Å². The summed E-state index contributed by atoms with van der Waals surface area (Å²) in [6, 6.07) is 5.40. The van der Waals surface area contributed by atoms with Crippen LogP contribution in [0.4, 0.5) is 0 Å². The Morgan fingerprint density at radius 1 is 1.60 bits per heavy atom. The monoisotopic (exact) mass is 298 g/mol. The summed E-state index contributed by atoms with van der Waals surface area (Å²) in [6.07, 6.45) is 0. The van der Waals surface area contributed by atoms with E-state index in [0.717, 1.165) is 11.1 Å². The van der Waals surface area contributed by atoms with Crippen LogP contribution in [-0.4, -0.2) is 43.8 Å². The number of nitrogens with zero attached hydrogens (tertiary/aromatic N) is 1. The Morgan fingerprint density at radius 3 is 3.05 bits per heavy atom. The van der Waals surface area contributed by atoms with Crippen molar-refractivity contribution in [3.05, 3.63) is 34.3 Å². The van der Waals surface area contributed by atoms with E-state index in [-0.39, 0.29) is 12.0 Å².